The molecule has 1 saturated heterocycles. The minimum atomic E-state index is -4.60. The van der Waals surface area contributed by atoms with E-state index in [9.17, 15) is 13.2 Å². The zero-order chi connectivity index (χ0) is 29.1. The summed E-state index contributed by atoms with van der Waals surface area (Å²) in [6, 6.07) is 6.34. The molecule has 1 aliphatic rings. The summed E-state index contributed by atoms with van der Waals surface area (Å²) in [5.41, 5.74) is 7.23. The fourth-order valence-electron chi connectivity index (χ4n) is 4.77. The molecule has 4 N–H and O–H groups in total. The maximum atomic E-state index is 13.6. The lowest BCUT2D eigenvalue weighted by Crippen LogP contribution is -2.42. The average Bonchev–Trinajstić information content (AvgIpc) is 2.88. The van der Waals surface area contributed by atoms with E-state index in [0.717, 1.165) is 49.8 Å². The molecule has 212 valence electrons. The Balaban J connectivity index is 1.49. The van der Waals surface area contributed by atoms with Gasteiger partial charge in [-0.1, -0.05) is 33.9 Å². The zero-order valence-electron chi connectivity index (χ0n) is 23.0. The van der Waals surface area contributed by atoms with E-state index in [1.54, 1.807) is 6.20 Å². The van der Waals surface area contributed by atoms with Gasteiger partial charge in [0.1, 0.15) is 17.1 Å². The molecule has 11 heteroatoms. The lowest BCUT2D eigenvalue weighted by atomic mass is 9.90. The molecular formula is C29H35F3N8. The second kappa shape index (κ2) is 11.5. The summed E-state index contributed by atoms with van der Waals surface area (Å²) < 4.78 is 40.7. The number of aromatic nitrogens is 4. The van der Waals surface area contributed by atoms with Gasteiger partial charge in [-0.15, -0.1) is 0 Å². The summed E-state index contributed by atoms with van der Waals surface area (Å²) in [7, 11) is 0. The van der Waals surface area contributed by atoms with E-state index in [2.05, 4.69) is 69.4 Å². The summed E-state index contributed by atoms with van der Waals surface area (Å²) in [6.07, 6.45) is 2.28. The third-order valence-corrected chi connectivity index (χ3v) is 6.49. The predicted octanol–water partition coefficient (Wildman–Crippen LogP) is 6.13. The van der Waals surface area contributed by atoms with Crippen molar-refractivity contribution in [2.45, 2.75) is 52.3 Å². The van der Waals surface area contributed by atoms with Gasteiger partial charge in [-0.2, -0.15) is 13.2 Å². The van der Waals surface area contributed by atoms with Crippen molar-refractivity contribution in [1.29, 1.82) is 0 Å². The molecule has 0 amide bonds. The van der Waals surface area contributed by atoms with Gasteiger partial charge >= 0.3 is 6.18 Å². The second-order valence-electron chi connectivity index (χ2n) is 11.1. The highest BCUT2D eigenvalue weighted by Crippen LogP contribution is 2.36. The van der Waals surface area contributed by atoms with Crippen LogP contribution in [-0.4, -0.2) is 39.1 Å². The molecule has 0 spiro atoms. The van der Waals surface area contributed by atoms with Crippen molar-refractivity contribution in [2.24, 2.45) is 5.41 Å². The molecule has 0 radical (unpaired) electrons. The van der Waals surface area contributed by atoms with Crippen molar-refractivity contribution in [3.05, 3.63) is 73.0 Å². The van der Waals surface area contributed by atoms with Crippen molar-refractivity contribution in [2.75, 3.05) is 29.0 Å². The van der Waals surface area contributed by atoms with Crippen LogP contribution >= 0.6 is 0 Å². The largest absolute Gasteiger partial charge is 0.418 e. The Morgan fingerprint density at radius 2 is 1.73 bits per heavy atom. The number of anilines is 3. The van der Waals surface area contributed by atoms with Crippen LogP contribution in [-0.2, 0) is 6.18 Å². The van der Waals surface area contributed by atoms with Crippen LogP contribution < -0.4 is 21.3 Å². The fraction of sp³-hybridized carbons (Fsp3) is 0.379. The van der Waals surface area contributed by atoms with E-state index in [4.69, 9.17) is 5.73 Å². The smallest absolute Gasteiger partial charge is 0.386 e. The first kappa shape index (κ1) is 28.8. The number of nitrogen functional groups attached to an aromatic ring is 1. The van der Waals surface area contributed by atoms with E-state index >= 15 is 0 Å². The van der Waals surface area contributed by atoms with E-state index < -0.39 is 11.7 Å². The number of nitrogens with two attached hydrogens (primary N) is 1. The zero-order valence-corrected chi connectivity index (χ0v) is 23.0. The van der Waals surface area contributed by atoms with Gasteiger partial charge in [0.15, 0.2) is 11.6 Å². The lowest BCUT2D eigenvalue weighted by molar-refractivity contribution is -0.137. The maximum Gasteiger partial charge on any atom is 0.418 e. The minimum absolute atomic E-state index is 0.0191. The average molecular weight is 553 g/mol. The van der Waals surface area contributed by atoms with E-state index in [1.807, 2.05) is 12.1 Å². The number of nitrogens with zero attached hydrogens (tertiary/aromatic N) is 5. The number of halogens is 3. The first-order valence-electron chi connectivity index (χ1n) is 13.1. The summed E-state index contributed by atoms with van der Waals surface area (Å²) >= 11 is 0. The Morgan fingerprint density at radius 3 is 2.40 bits per heavy atom. The van der Waals surface area contributed by atoms with Crippen LogP contribution in [0.1, 0.15) is 51.3 Å². The Hall–Kier alpha value is -4.15. The standard InChI is InChI=1S/C29H35F3N8/c1-18(16-28(3,4)5)37-20-10-14-40(15-11-20)23-9-7-13-35-27(23)38-19(2)24-26(33)36-17-22(39-24)25-21(29(30,31)32)8-6-12-34-25/h6-9,12-13,17,20,37H,1-2,10-11,14-16H2,3-5H3,(H2,33,36)(H,35,38). The number of piperidine rings is 1. The van der Waals surface area contributed by atoms with Crippen molar-refractivity contribution in [3.8, 4) is 11.4 Å². The van der Waals surface area contributed by atoms with Crippen LogP contribution in [0, 0.1) is 5.41 Å². The monoisotopic (exact) mass is 552 g/mol. The Morgan fingerprint density at radius 1 is 1.05 bits per heavy atom. The van der Waals surface area contributed by atoms with E-state index in [1.165, 1.54) is 18.5 Å². The third kappa shape index (κ3) is 7.08. The first-order valence-corrected chi connectivity index (χ1v) is 13.1. The predicted molar refractivity (Wildman–Crippen MR) is 153 cm³/mol. The van der Waals surface area contributed by atoms with Gasteiger partial charge in [-0.3, -0.25) is 4.98 Å². The number of alkyl halides is 3. The Bertz CT molecular complexity index is 1370. The normalized spacial score (nSPS) is 14.6. The fourth-order valence-corrected chi connectivity index (χ4v) is 4.77. The van der Waals surface area contributed by atoms with Gasteiger partial charge in [0, 0.05) is 37.2 Å². The highest BCUT2D eigenvalue weighted by atomic mass is 19.4. The van der Waals surface area contributed by atoms with Crippen LogP contribution in [0.3, 0.4) is 0 Å². The molecule has 0 bridgehead atoms. The molecule has 3 aromatic rings. The van der Waals surface area contributed by atoms with E-state index in [0.29, 0.717) is 11.9 Å². The molecule has 1 aliphatic heterocycles. The molecule has 3 aromatic heterocycles. The summed E-state index contributed by atoms with van der Waals surface area (Å²) in [4.78, 5) is 19.0. The van der Waals surface area contributed by atoms with Crippen LogP contribution in [0.15, 0.2) is 61.7 Å². The van der Waals surface area contributed by atoms with Gasteiger partial charge in [0.25, 0.3) is 0 Å². The number of hydrogen-bond donors (Lipinski definition) is 3. The quantitative estimate of drug-likeness (QED) is 0.307. The highest BCUT2D eigenvalue weighted by molar-refractivity contribution is 5.82. The molecule has 1 fully saturated rings. The van der Waals surface area contributed by atoms with Crippen molar-refractivity contribution in [3.63, 3.8) is 0 Å². The molecule has 0 aliphatic carbocycles. The lowest BCUT2D eigenvalue weighted by Gasteiger charge is -2.36. The van der Waals surface area contributed by atoms with Crippen molar-refractivity contribution < 1.29 is 13.2 Å². The van der Waals surface area contributed by atoms with Gasteiger partial charge in [0.05, 0.1) is 23.1 Å². The van der Waals surface area contributed by atoms with Crippen LogP contribution in [0.25, 0.3) is 17.1 Å². The Kier molecular flexibility index (Phi) is 8.32. The van der Waals surface area contributed by atoms with Crippen molar-refractivity contribution in [1.82, 2.24) is 25.3 Å². The SMILES string of the molecule is C=C(CC(C)(C)C)NC1CCN(c2cccnc2NC(=C)c2nc(-c3ncccc3C(F)(F)F)cnc2N)CC1. The van der Waals surface area contributed by atoms with Crippen LogP contribution in [0.4, 0.5) is 30.5 Å². The second-order valence-corrected chi connectivity index (χ2v) is 11.1. The molecule has 0 aromatic carbocycles. The number of rotatable bonds is 8. The van der Waals surface area contributed by atoms with Crippen molar-refractivity contribution >= 4 is 23.0 Å². The van der Waals surface area contributed by atoms with Gasteiger partial charge in [-0.05, 0) is 48.9 Å². The van der Waals surface area contributed by atoms with E-state index in [-0.39, 0.29) is 34.0 Å². The van der Waals surface area contributed by atoms with Crippen LogP contribution in [0.2, 0.25) is 0 Å². The topological polar surface area (TPSA) is 105 Å². The van der Waals surface area contributed by atoms with Gasteiger partial charge in [-0.25, -0.2) is 15.0 Å². The maximum absolute atomic E-state index is 13.6. The number of allylic oxidation sites excluding steroid dienone is 1. The molecule has 4 heterocycles. The number of nitrogens with one attached hydrogen (secondary N) is 2. The van der Waals surface area contributed by atoms with Gasteiger partial charge < -0.3 is 21.3 Å². The summed E-state index contributed by atoms with van der Waals surface area (Å²) in [5, 5.41) is 6.74. The molecule has 0 atom stereocenters. The molecule has 8 nitrogen and oxygen atoms in total. The summed E-state index contributed by atoms with van der Waals surface area (Å²) in [5.74, 6) is 0.557. The highest BCUT2D eigenvalue weighted by Gasteiger charge is 2.35. The first-order chi connectivity index (χ1) is 18.8. The molecule has 0 saturated carbocycles. The van der Waals surface area contributed by atoms with Crippen LogP contribution in [0.5, 0.6) is 0 Å². The molecule has 40 heavy (non-hydrogen) atoms. The molecular weight excluding hydrogens is 517 g/mol. The minimum Gasteiger partial charge on any atom is -0.386 e. The number of hydrogen-bond acceptors (Lipinski definition) is 8. The molecule has 4 rings (SSSR count). The third-order valence-electron chi connectivity index (χ3n) is 6.49. The summed E-state index contributed by atoms with van der Waals surface area (Å²) in [6.45, 7) is 16.4. The Labute approximate surface area is 232 Å². The molecule has 0 unspecified atom stereocenters. The number of pyridine rings is 2. The van der Waals surface area contributed by atoms with Gasteiger partial charge in [0.2, 0.25) is 0 Å².